The lowest BCUT2D eigenvalue weighted by molar-refractivity contribution is 0.0401. The van der Waals surface area contributed by atoms with Crippen LogP contribution in [0.4, 0.5) is 0 Å². The standard InChI is InChI=1S/C9H19NO/c1-10(2)8-5-4-6-9(7-8)11-3/h8-9H,4-7H2,1-3H3/t8-,9+/m1/s1. The summed E-state index contributed by atoms with van der Waals surface area (Å²) in [6.45, 7) is 0. The van der Waals surface area contributed by atoms with Crippen LogP contribution in [0, 0.1) is 0 Å². The van der Waals surface area contributed by atoms with E-state index in [2.05, 4.69) is 19.0 Å². The summed E-state index contributed by atoms with van der Waals surface area (Å²) in [6, 6.07) is 0.744. The third-order valence-electron chi connectivity index (χ3n) is 2.66. The fraction of sp³-hybridized carbons (Fsp3) is 1.00. The lowest BCUT2D eigenvalue weighted by Gasteiger charge is -2.32. The van der Waals surface area contributed by atoms with Gasteiger partial charge in [-0.1, -0.05) is 0 Å². The highest BCUT2D eigenvalue weighted by atomic mass is 16.5. The first-order valence-electron chi connectivity index (χ1n) is 4.43. The molecule has 0 saturated heterocycles. The maximum absolute atomic E-state index is 5.34. The van der Waals surface area contributed by atoms with Gasteiger partial charge in [0.15, 0.2) is 0 Å². The molecule has 0 aromatic carbocycles. The van der Waals surface area contributed by atoms with Crippen LogP contribution in [0.25, 0.3) is 0 Å². The van der Waals surface area contributed by atoms with Crippen LogP contribution >= 0.6 is 0 Å². The van der Waals surface area contributed by atoms with Crippen LogP contribution < -0.4 is 0 Å². The van der Waals surface area contributed by atoms with Crippen molar-refractivity contribution in [3.8, 4) is 0 Å². The monoisotopic (exact) mass is 157 g/mol. The fourth-order valence-electron chi connectivity index (χ4n) is 1.80. The Morgan fingerprint density at radius 1 is 1.27 bits per heavy atom. The fourth-order valence-corrected chi connectivity index (χ4v) is 1.80. The van der Waals surface area contributed by atoms with Crippen LogP contribution in [-0.4, -0.2) is 38.3 Å². The molecule has 0 spiro atoms. The molecule has 2 atom stereocenters. The third-order valence-corrected chi connectivity index (χ3v) is 2.66. The summed E-state index contributed by atoms with van der Waals surface area (Å²) in [6.07, 6.45) is 5.63. The first kappa shape index (κ1) is 9.01. The Hall–Kier alpha value is -0.0800. The minimum atomic E-state index is 0.510. The lowest BCUT2D eigenvalue weighted by atomic mass is 9.92. The average molecular weight is 157 g/mol. The predicted octanol–water partition coefficient (Wildman–Crippen LogP) is 1.51. The van der Waals surface area contributed by atoms with Gasteiger partial charge in [0, 0.05) is 13.2 Å². The highest BCUT2D eigenvalue weighted by molar-refractivity contribution is 4.77. The zero-order chi connectivity index (χ0) is 8.27. The molecule has 1 fully saturated rings. The van der Waals surface area contributed by atoms with E-state index in [0.29, 0.717) is 6.10 Å². The van der Waals surface area contributed by atoms with Crippen LogP contribution in [0.5, 0.6) is 0 Å². The summed E-state index contributed by atoms with van der Waals surface area (Å²) >= 11 is 0. The Morgan fingerprint density at radius 2 is 2.00 bits per heavy atom. The molecule has 0 amide bonds. The molecular formula is C9H19NO. The van der Waals surface area contributed by atoms with E-state index in [4.69, 9.17) is 4.74 Å². The molecule has 2 heteroatoms. The minimum absolute atomic E-state index is 0.510. The van der Waals surface area contributed by atoms with Gasteiger partial charge in [0.1, 0.15) is 0 Å². The molecule has 0 aliphatic heterocycles. The van der Waals surface area contributed by atoms with Crippen LogP contribution in [0.15, 0.2) is 0 Å². The van der Waals surface area contributed by atoms with Gasteiger partial charge in [-0.25, -0.2) is 0 Å². The van der Waals surface area contributed by atoms with Gasteiger partial charge >= 0.3 is 0 Å². The van der Waals surface area contributed by atoms with E-state index >= 15 is 0 Å². The van der Waals surface area contributed by atoms with Crippen molar-refractivity contribution in [3.63, 3.8) is 0 Å². The Labute approximate surface area is 69.5 Å². The van der Waals surface area contributed by atoms with E-state index in [1.165, 1.54) is 25.7 Å². The molecule has 0 unspecified atom stereocenters. The molecule has 2 nitrogen and oxygen atoms in total. The van der Waals surface area contributed by atoms with E-state index in [-0.39, 0.29) is 0 Å². The SMILES string of the molecule is CO[C@H]1CCC[C@@H](N(C)C)C1. The zero-order valence-corrected chi connectivity index (χ0v) is 7.84. The molecule has 0 heterocycles. The molecule has 0 aromatic heterocycles. The van der Waals surface area contributed by atoms with E-state index in [1.54, 1.807) is 0 Å². The summed E-state index contributed by atoms with van der Waals surface area (Å²) < 4.78 is 5.34. The van der Waals surface area contributed by atoms with E-state index in [9.17, 15) is 0 Å². The smallest absolute Gasteiger partial charge is 0.0586 e. The number of rotatable bonds is 2. The summed E-state index contributed by atoms with van der Waals surface area (Å²) in [5.41, 5.74) is 0. The first-order valence-corrected chi connectivity index (χ1v) is 4.43. The molecular weight excluding hydrogens is 138 g/mol. The van der Waals surface area contributed by atoms with Crippen LogP contribution in [0.1, 0.15) is 25.7 Å². The molecule has 0 N–H and O–H groups in total. The third kappa shape index (κ3) is 2.46. The number of hydrogen-bond donors (Lipinski definition) is 0. The van der Waals surface area contributed by atoms with Gasteiger partial charge in [-0.3, -0.25) is 0 Å². The first-order chi connectivity index (χ1) is 5.24. The van der Waals surface area contributed by atoms with Gasteiger partial charge in [0.2, 0.25) is 0 Å². The molecule has 11 heavy (non-hydrogen) atoms. The van der Waals surface area contributed by atoms with Crippen LogP contribution in [0.2, 0.25) is 0 Å². The van der Waals surface area contributed by atoms with Gasteiger partial charge in [0.05, 0.1) is 6.10 Å². The second kappa shape index (κ2) is 4.07. The minimum Gasteiger partial charge on any atom is -0.381 e. The largest absolute Gasteiger partial charge is 0.381 e. The zero-order valence-electron chi connectivity index (χ0n) is 7.84. The van der Waals surface area contributed by atoms with Gasteiger partial charge < -0.3 is 9.64 Å². The maximum atomic E-state index is 5.34. The summed E-state index contributed by atoms with van der Waals surface area (Å²) in [5.74, 6) is 0. The number of ether oxygens (including phenoxy) is 1. The molecule has 0 radical (unpaired) electrons. The van der Waals surface area contributed by atoms with Crippen molar-refractivity contribution in [2.24, 2.45) is 0 Å². The summed E-state index contributed by atoms with van der Waals surface area (Å²) in [4.78, 5) is 2.31. The Bertz CT molecular complexity index is 114. The molecule has 66 valence electrons. The van der Waals surface area contributed by atoms with Crippen molar-refractivity contribution in [1.82, 2.24) is 4.90 Å². The van der Waals surface area contributed by atoms with Gasteiger partial charge in [0.25, 0.3) is 0 Å². The Balaban J connectivity index is 2.33. The molecule has 1 aliphatic carbocycles. The Kier molecular flexibility index (Phi) is 3.34. The normalized spacial score (nSPS) is 32.7. The molecule has 1 saturated carbocycles. The highest BCUT2D eigenvalue weighted by Gasteiger charge is 2.22. The van der Waals surface area contributed by atoms with E-state index in [1.807, 2.05) is 7.11 Å². The lowest BCUT2D eigenvalue weighted by Crippen LogP contribution is -2.35. The van der Waals surface area contributed by atoms with Gasteiger partial charge in [-0.15, -0.1) is 0 Å². The molecule has 0 aromatic rings. The van der Waals surface area contributed by atoms with Crippen molar-refractivity contribution >= 4 is 0 Å². The van der Waals surface area contributed by atoms with Crippen LogP contribution in [0.3, 0.4) is 0 Å². The van der Waals surface area contributed by atoms with Crippen molar-refractivity contribution < 1.29 is 4.74 Å². The predicted molar refractivity (Wildman–Crippen MR) is 46.7 cm³/mol. The average Bonchev–Trinajstić information content (AvgIpc) is 2.05. The molecule has 1 aliphatic rings. The number of nitrogens with zero attached hydrogens (tertiary/aromatic N) is 1. The topological polar surface area (TPSA) is 12.5 Å². The van der Waals surface area contributed by atoms with Crippen molar-refractivity contribution in [2.45, 2.75) is 37.8 Å². The second-order valence-electron chi connectivity index (χ2n) is 3.64. The maximum Gasteiger partial charge on any atom is 0.0586 e. The molecule has 0 bridgehead atoms. The second-order valence-corrected chi connectivity index (χ2v) is 3.64. The van der Waals surface area contributed by atoms with Crippen molar-refractivity contribution in [2.75, 3.05) is 21.2 Å². The van der Waals surface area contributed by atoms with Crippen LogP contribution in [-0.2, 0) is 4.74 Å². The van der Waals surface area contributed by atoms with Gasteiger partial charge in [-0.2, -0.15) is 0 Å². The van der Waals surface area contributed by atoms with Gasteiger partial charge in [-0.05, 0) is 39.8 Å². The molecule has 1 rings (SSSR count). The highest BCUT2D eigenvalue weighted by Crippen LogP contribution is 2.22. The van der Waals surface area contributed by atoms with E-state index in [0.717, 1.165) is 6.04 Å². The summed E-state index contributed by atoms with van der Waals surface area (Å²) in [7, 11) is 6.13. The van der Waals surface area contributed by atoms with E-state index < -0.39 is 0 Å². The summed E-state index contributed by atoms with van der Waals surface area (Å²) in [5, 5.41) is 0. The van der Waals surface area contributed by atoms with Crippen molar-refractivity contribution in [3.05, 3.63) is 0 Å². The number of hydrogen-bond acceptors (Lipinski definition) is 2. The number of methoxy groups -OCH3 is 1. The quantitative estimate of drug-likeness (QED) is 0.602. The van der Waals surface area contributed by atoms with Crippen molar-refractivity contribution in [1.29, 1.82) is 0 Å². The Morgan fingerprint density at radius 3 is 2.55 bits per heavy atom.